The third kappa shape index (κ3) is 4.32. The summed E-state index contributed by atoms with van der Waals surface area (Å²) in [5, 5.41) is 8.79. The van der Waals surface area contributed by atoms with E-state index in [1.54, 1.807) is 18.2 Å². The monoisotopic (exact) mass is 229 g/mol. The van der Waals surface area contributed by atoms with Crippen molar-refractivity contribution in [1.29, 1.82) is 0 Å². The van der Waals surface area contributed by atoms with E-state index in [-0.39, 0.29) is 12.4 Å². The van der Waals surface area contributed by atoms with Crippen LogP contribution in [0.4, 0.5) is 0 Å². The third-order valence-corrected chi connectivity index (χ3v) is 2.17. The first-order valence-corrected chi connectivity index (χ1v) is 4.64. The maximum atomic E-state index is 10.7. The summed E-state index contributed by atoms with van der Waals surface area (Å²) in [4.78, 5) is 12.8. The van der Waals surface area contributed by atoms with Gasteiger partial charge in [0.25, 0.3) is 0 Å². The minimum Gasteiger partial charge on any atom is -0.478 e. The van der Waals surface area contributed by atoms with Gasteiger partial charge in [-0.3, -0.25) is 0 Å². The van der Waals surface area contributed by atoms with E-state index >= 15 is 0 Å². The molecule has 0 bridgehead atoms. The van der Waals surface area contributed by atoms with Crippen molar-refractivity contribution in [2.75, 3.05) is 13.6 Å². The summed E-state index contributed by atoms with van der Waals surface area (Å²) in [5.41, 5.74) is 1.39. The minimum atomic E-state index is -0.869. The molecule has 0 saturated carbocycles. The smallest absolute Gasteiger partial charge is 0.335 e. The summed E-state index contributed by atoms with van der Waals surface area (Å²) in [6, 6.07) is 7.05. The van der Waals surface area contributed by atoms with Crippen LogP contribution in [-0.4, -0.2) is 29.6 Å². The summed E-state index contributed by atoms with van der Waals surface area (Å²) < 4.78 is 0. The van der Waals surface area contributed by atoms with E-state index in [0.29, 0.717) is 5.56 Å². The number of hydrogen-bond donors (Lipinski definition) is 1. The molecule has 0 unspecified atom stereocenters. The highest BCUT2D eigenvalue weighted by Gasteiger charge is 2.03. The van der Waals surface area contributed by atoms with Crippen molar-refractivity contribution in [2.24, 2.45) is 0 Å². The maximum absolute atomic E-state index is 10.7. The molecule has 84 valence electrons. The van der Waals surface area contributed by atoms with Crippen LogP contribution in [0, 0.1) is 0 Å². The predicted octanol–water partition coefficient (Wildman–Crippen LogP) is 2.26. The number of rotatable bonds is 4. The van der Waals surface area contributed by atoms with Gasteiger partial charge < -0.3 is 10.0 Å². The molecule has 0 saturated heterocycles. The lowest BCUT2D eigenvalue weighted by atomic mass is 10.1. The van der Waals surface area contributed by atoms with Crippen molar-refractivity contribution >= 4 is 18.4 Å². The molecule has 0 aliphatic rings. The van der Waals surface area contributed by atoms with Crippen molar-refractivity contribution < 1.29 is 9.90 Å². The molecule has 0 spiro atoms. The van der Waals surface area contributed by atoms with Gasteiger partial charge in [0, 0.05) is 6.54 Å². The fourth-order valence-corrected chi connectivity index (χ4v) is 1.23. The van der Waals surface area contributed by atoms with Crippen molar-refractivity contribution in [3.05, 3.63) is 35.4 Å². The molecule has 0 aromatic heterocycles. The van der Waals surface area contributed by atoms with Crippen LogP contribution in [0.3, 0.4) is 0 Å². The van der Waals surface area contributed by atoms with Crippen molar-refractivity contribution in [2.45, 2.75) is 13.5 Å². The Balaban J connectivity index is 0.00000196. The Morgan fingerprint density at radius 1 is 1.47 bits per heavy atom. The Kier molecular flexibility index (Phi) is 5.97. The lowest BCUT2D eigenvalue weighted by Crippen LogP contribution is -2.16. The highest BCUT2D eigenvalue weighted by Crippen LogP contribution is 2.07. The standard InChI is InChI=1S/C11H15NO2.ClH/c1-3-12(2)8-9-5-4-6-10(7-9)11(13)14;/h4-7H,3,8H2,1-2H3,(H,13,14);1H. The van der Waals surface area contributed by atoms with Gasteiger partial charge >= 0.3 is 5.97 Å². The van der Waals surface area contributed by atoms with Gasteiger partial charge in [0.15, 0.2) is 0 Å². The van der Waals surface area contributed by atoms with Crippen LogP contribution >= 0.6 is 12.4 Å². The van der Waals surface area contributed by atoms with Crippen LogP contribution < -0.4 is 0 Å². The number of carbonyl (C=O) groups is 1. The van der Waals surface area contributed by atoms with Gasteiger partial charge in [-0.15, -0.1) is 12.4 Å². The summed E-state index contributed by atoms with van der Waals surface area (Å²) in [6.45, 7) is 3.82. The number of carboxylic acids is 1. The highest BCUT2D eigenvalue weighted by atomic mass is 35.5. The number of halogens is 1. The molecule has 3 nitrogen and oxygen atoms in total. The third-order valence-electron chi connectivity index (χ3n) is 2.17. The summed E-state index contributed by atoms with van der Waals surface area (Å²) in [7, 11) is 2.01. The normalized spacial score (nSPS) is 9.80. The highest BCUT2D eigenvalue weighted by molar-refractivity contribution is 5.87. The minimum absolute atomic E-state index is 0. The van der Waals surface area contributed by atoms with E-state index < -0.39 is 5.97 Å². The molecule has 15 heavy (non-hydrogen) atoms. The van der Waals surface area contributed by atoms with Crippen molar-refractivity contribution in [3.63, 3.8) is 0 Å². The number of hydrogen-bond acceptors (Lipinski definition) is 2. The van der Waals surface area contributed by atoms with Gasteiger partial charge in [-0.2, -0.15) is 0 Å². The van der Waals surface area contributed by atoms with Crippen LogP contribution in [-0.2, 0) is 6.54 Å². The molecule has 1 aromatic carbocycles. The van der Waals surface area contributed by atoms with Crippen molar-refractivity contribution in [1.82, 2.24) is 4.90 Å². The first kappa shape index (κ1) is 13.9. The molecule has 0 amide bonds. The Labute approximate surface area is 96.1 Å². The molecule has 0 aliphatic carbocycles. The summed E-state index contributed by atoms with van der Waals surface area (Å²) in [5.74, 6) is -0.869. The lowest BCUT2D eigenvalue weighted by molar-refractivity contribution is 0.0696. The van der Waals surface area contributed by atoms with Gasteiger partial charge in [0.05, 0.1) is 5.56 Å². The van der Waals surface area contributed by atoms with Crippen LogP contribution in [0.1, 0.15) is 22.8 Å². The first-order chi connectivity index (χ1) is 6.63. The van der Waals surface area contributed by atoms with Gasteiger partial charge in [0.1, 0.15) is 0 Å². The van der Waals surface area contributed by atoms with Crippen molar-refractivity contribution in [3.8, 4) is 0 Å². The second kappa shape index (κ2) is 6.43. The van der Waals surface area contributed by atoms with Gasteiger partial charge in [0.2, 0.25) is 0 Å². The fourth-order valence-electron chi connectivity index (χ4n) is 1.23. The van der Waals surface area contributed by atoms with E-state index in [2.05, 4.69) is 11.8 Å². The van der Waals surface area contributed by atoms with E-state index in [0.717, 1.165) is 18.7 Å². The molecule has 1 rings (SSSR count). The molecule has 1 N–H and O–H groups in total. The molecule has 0 atom stereocenters. The maximum Gasteiger partial charge on any atom is 0.335 e. The Morgan fingerprint density at radius 3 is 2.67 bits per heavy atom. The molecular formula is C11H16ClNO2. The average Bonchev–Trinajstić information content (AvgIpc) is 2.18. The topological polar surface area (TPSA) is 40.5 Å². The van der Waals surface area contributed by atoms with E-state index in [4.69, 9.17) is 5.11 Å². The SMILES string of the molecule is CCN(C)Cc1cccc(C(=O)O)c1.Cl. The molecule has 4 heteroatoms. The summed E-state index contributed by atoms with van der Waals surface area (Å²) >= 11 is 0. The molecular weight excluding hydrogens is 214 g/mol. The largest absolute Gasteiger partial charge is 0.478 e. The fraction of sp³-hybridized carbons (Fsp3) is 0.364. The summed E-state index contributed by atoms with van der Waals surface area (Å²) in [6.07, 6.45) is 0. The van der Waals surface area contributed by atoms with Gasteiger partial charge in [-0.1, -0.05) is 19.1 Å². The zero-order chi connectivity index (χ0) is 10.6. The second-order valence-corrected chi connectivity index (χ2v) is 3.34. The zero-order valence-electron chi connectivity index (χ0n) is 8.93. The average molecular weight is 230 g/mol. The Hall–Kier alpha value is -1.06. The molecule has 0 heterocycles. The molecule has 0 radical (unpaired) electrons. The second-order valence-electron chi connectivity index (χ2n) is 3.34. The molecule has 0 aliphatic heterocycles. The Morgan fingerprint density at radius 2 is 2.13 bits per heavy atom. The Bertz CT molecular complexity index is 328. The van der Waals surface area contributed by atoms with Crippen LogP contribution in [0.15, 0.2) is 24.3 Å². The number of nitrogens with zero attached hydrogens (tertiary/aromatic N) is 1. The molecule has 1 aromatic rings. The van der Waals surface area contributed by atoms with Crippen LogP contribution in [0.2, 0.25) is 0 Å². The number of aromatic carboxylic acids is 1. The molecule has 0 fully saturated rings. The number of benzene rings is 1. The van der Waals surface area contributed by atoms with E-state index in [9.17, 15) is 4.79 Å². The van der Waals surface area contributed by atoms with Gasteiger partial charge in [-0.05, 0) is 31.3 Å². The lowest BCUT2D eigenvalue weighted by Gasteiger charge is -2.13. The van der Waals surface area contributed by atoms with Crippen LogP contribution in [0.25, 0.3) is 0 Å². The number of carboxylic acid groups (broad SMARTS) is 1. The van der Waals surface area contributed by atoms with E-state index in [1.165, 1.54) is 0 Å². The zero-order valence-corrected chi connectivity index (χ0v) is 9.75. The first-order valence-electron chi connectivity index (χ1n) is 4.64. The van der Waals surface area contributed by atoms with Gasteiger partial charge in [-0.25, -0.2) is 4.79 Å². The quantitative estimate of drug-likeness (QED) is 0.861. The predicted molar refractivity (Wildman–Crippen MR) is 62.7 cm³/mol. The van der Waals surface area contributed by atoms with Crippen LogP contribution in [0.5, 0.6) is 0 Å². The van der Waals surface area contributed by atoms with E-state index in [1.807, 2.05) is 13.1 Å².